The first kappa shape index (κ1) is 19.9. The van der Waals surface area contributed by atoms with Gasteiger partial charge in [-0.2, -0.15) is 13.8 Å². The number of carbonyl (C=O) groups is 1. The van der Waals surface area contributed by atoms with Gasteiger partial charge in [0.1, 0.15) is 11.6 Å². The predicted octanol–water partition coefficient (Wildman–Crippen LogP) is 3.77. The van der Waals surface area contributed by atoms with Crippen LogP contribution < -0.4 is 15.0 Å². The third-order valence-corrected chi connectivity index (χ3v) is 4.83. The molecule has 7 nitrogen and oxygen atoms in total. The Labute approximate surface area is 162 Å². The number of hydrogen-bond donors (Lipinski definition) is 1. The summed E-state index contributed by atoms with van der Waals surface area (Å²) in [7, 11) is 1.38. The van der Waals surface area contributed by atoms with Crippen LogP contribution in [0.4, 0.5) is 26.1 Å². The highest BCUT2D eigenvalue weighted by atomic mass is 19.3. The lowest BCUT2D eigenvalue weighted by molar-refractivity contribution is -0.105. The number of rotatable bonds is 5. The maximum atomic E-state index is 13.8. The van der Waals surface area contributed by atoms with Crippen molar-refractivity contribution in [1.29, 1.82) is 0 Å². The van der Waals surface area contributed by atoms with E-state index in [0.717, 1.165) is 31.0 Å². The Morgan fingerprint density at radius 3 is 2.57 bits per heavy atom. The van der Waals surface area contributed by atoms with E-state index >= 15 is 0 Å². The average Bonchev–Trinajstić information content (AvgIpc) is 3.40. The first-order chi connectivity index (χ1) is 13.4. The number of fused-ring (bicyclic) bond motifs is 2. The maximum absolute atomic E-state index is 13.8. The summed E-state index contributed by atoms with van der Waals surface area (Å²) in [6.45, 7) is 5.37. The number of methoxy groups -OCH3 is 1. The second-order valence-corrected chi connectivity index (χ2v) is 6.70. The summed E-state index contributed by atoms with van der Waals surface area (Å²) in [6, 6.07) is 3.27. The van der Waals surface area contributed by atoms with Gasteiger partial charge in [0.2, 0.25) is 18.1 Å². The number of anilines is 3. The minimum Gasteiger partial charge on any atom is -0.481 e. The number of ether oxygens (including phenoxy) is 1. The molecule has 2 aliphatic rings. The van der Waals surface area contributed by atoms with Crippen LogP contribution in [0.25, 0.3) is 0 Å². The van der Waals surface area contributed by atoms with Crippen molar-refractivity contribution in [2.75, 3.05) is 23.9 Å². The van der Waals surface area contributed by atoms with Crippen molar-refractivity contribution in [3.63, 3.8) is 0 Å². The second-order valence-electron chi connectivity index (χ2n) is 6.70. The van der Waals surface area contributed by atoms with E-state index in [9.17, 15) is 13.6 Å². The van der Waals surface area contributed by atoms with Gasteiger partial charge in [0.25, 0.3) is 0 Å². The molecule has 1 N–H and O–H groups in total. The minimum atomic E-state index is -3.19. The smallest absolute Gasteiger partial charge is 0.304 e. The van der Waals surface area contributed by atoms with Crippen molar-refractivity contribution in [1.82, 2.24) is 15.0 Å². The fourth-order valence-electron chi connectivity index (χ4n) is 3.32. The zero-order valence-corrected chi connectivity index (χ0v) is 16.3. The van der Waals surface area contributed by atoms with Crippen LogP contribution in [-0.4, -0.2) is 35.0 Å². The van der Waals surface area contributed by atoms with Crippen LogP contribution >= 0.6 is 0 Å². The van der Waals surface area contributed by atoms with E-state index < -0.39 is 11.7 Å². The molecule has 0 atom stereocenters. The van der Waals surface area contributed by atoms with Gasteiger partial charge in [-0.3, -0.25) is 4.79 Å². The molecule has 0 radical (unpaired) electrons. The predicted molar refractivity (Wildman–Crippen MR) is 101 cm³/mol. The van der Waals surface area contributed by atoms with Gasteiger partial charge >= 0.3 is 5.92 Å². The van der Waals surface area contributed by atoms with Gasteiger partial charge < -0.3 is 15.0 Å². The maximum Gasteiger partial charge on any atom is 0.304 e. The van der Waals surface area contributed by atoms with E-state index in [0.29, 0.717) is 24.6 Å². The quantitative estimate of drug-likeness (QED) is 0.782. The number of nitrogens with zero attached hydrogens (tertiary/aromatic N) is 4. The molecule has 2 aromatic rings. The number of pyridine rings is 1. The van der Waals surface area contributed by atoms with E-state index in [4.69, 9.17) is 4.74 Å². The summed E-state index contributed by atoms with van der Waals surface area (Å²) in [6.07, 6.45) is 4.28. The molecule has 3 heterocycles. The van der Waals surface area contributed by atoms with Crippen molar-refractivity contribution in [3.8, 4) is 5.88 Å². The van der Waals surface area contributed by atoms with E-state index in [2.05, 4.69) is 20.3 Å². The monoisotopic (exact) mass is 391 g/mol. The van der Waals surface area contributed by atoms with Crippen LogP contribution in [-0.2, 0) is 16.1 Å². The van der Waals surface area contributed by atoms with Crippen LogP contribution in [0.2, 0.25) is 0 Å². The number of aromatic nitrogens is 3. The molecule has 1 amide bonds. The molecule has 1 spiro atoms. The molecule has 1 fully saturated rings. The Hall–Kier alpha value is -2.84. The van der Waals surface area contributed by atoms with Crippen molar-refractivity contribution in [3.05, 3.63) is 29.7 Å². The van der Waals surface area contributed by atoms with Crippen LogP contribution in [0.3, 0.4) is 0 Å². The number of alkyl halides is 2. The molecular formula is C19H23F2N5O2. The Bertz CT molecular complexity index is 881. The Morgan fingerprint density at radius 2 is 2.00 bits per heavy atom. The van der Waals surface area contributed by atoms with Crippen LogP contribution in [0.5, 0.6) is 5.88 Å². The molecule has 0 bridgehead atoms. The highest BCUT2D eigenvalue weighted by Gasteiger charge is 2.52. The van der Waals surface area contributed by atoms with E-state index in [-0.39, 0.29) is 11.3 Å². The van der Waals surface area contributed by atoms with Gasteiger partial charge in [-0.15, -0.1) is 0 Å². The zero-order valence-electron chi connectivity index (χ0n) is 16.3. The molecule has 2 aromatic heterocycles. The molecule has 150 valence electrons. The highest BCUT2D eigenvalue weighted by Crippen LogP contribution is 2.58. The second kappa shape index (κ2) is 7.29. The number of hydrogen-bond acceptors (Lipinski definition) is 6. The van der Waals surface area contributed by atoms with Crippen molar-refractivity contribution in [2.24, 2.45) is 0 Å². The average molecular weight is 391 g/mol. The Morgan fingerprint density at radius 1 is 1.29 bits per heavy atom. The molecule has 0 saturated heterocycles. The lowest BCUT2D eigenvalue weighted by Crippen LogP contribution is -2.22. The van der Waals surface area contributed by atoms with Gasteiger partial charge in [-0.25, -0.2) is 9.97 Å². The SMILES string of the molecule is CC.COc1cc(N2CC3(CC3)c3cnc(NC=O)cc32)nc(C(C)(F)F)n1. The Kier molecular flexibility index (Phi) is 5.18. The first-order valence-corrected chi connectivity index (χ1v) is 9.16. The summed E-state index contributed by atoms with van der Waals surface area (Å²) in [4.78, 5) is 24.7. The van der Waals surface area contributed by atoms with E-state index in [1.807, 2.05) is 18.7 Å². The van der Waals surface area contributed by atoms with Crippen molar-refractivity contribution >= 4 is 23.7 Å². The van der Waals surface area contributed by atoms with Crippen molar-refractivity contribution in [2.45, 2.75) is 45.0 Å². The van der Waals surface area contributed by atoms with Gasteiger partial charge in [0.05, 0.1) is 12.8 Å². The van der Waals surface area contributed by atoms with E-state index in [1.165, 1.54) is 13.2 Å². The van der Waals surface area contributed by atoms with Crippen LogP contribution in [0.1, 0.15) is 45.0 Å². The molecule has 1 saturated carbocycles. The largest absolute Gasteiger partial charge is 0.481 e. The third-order valence-electron chi connectivity index (χ3n) is 4.83. The summed E-state index contributed by atoms with van der Waals surface area (Å²) >= 11 is 0. The topological polar surface area (TPSA) is 80.2 Å². The molecule has 1 aliphatic heterocycles. The van der Waals surface area contributed by atoms with Gasteiger partial charge in [0, 0.05) is 42.8 Å². The lowest BCUT2D eigenvalue weighted by Gasteiger charge is -2.21. The first-order valence-electron chi connectivity index (χ1n) is 9.16. The molecule has 1 aliphatic carbocycles. The summed E-state index contributed by atoms with van der Waals surface area (Å²) in [5.74, 6) is -2.98. The lowest BCUT2D eigenvalue weighted by atomic mass is 10.0. The molecule has 9 heteroatoms. The number of carbonyl (C=O) groups excluding carboxylic acids is 1. The fraction of sp³-hybridized carbons (Fsp3) is 0.474. The van der Waals surface area contributed by atoms with Gasteiger partial charge in [0.15, 0.2) is 0 Å². The summed E-state index contributed by atoms with van der Waals surface area (Å²) < 4.78 is 32.7. The number of halogens is 2. The molecular weight excluding hydrogens is 368 g/mol. The molecule has 28 heavy (non-hydrogen) atoms. The normalized spacial score (nSPS) is 16.1. The molecule has 4 rings (SSSR count). The standard InChI is InChI=1S/C17H17F2N5O2.C2H6/c1-16(18,19)15-22-13(6-14(23-15)26-2)24-8-17(3-4-17)10-7-20-12(21-9-25)5-11(10)24;1-2/h5-7,9H,3-4,8H2,1-2H3,(H,20,21,25);1-2H3. The van der Waals surface area contributed by atoms with Crippen LogP contribution in [0, 0.1) is 0 Å². The number of amides is 1. The Balaban J connectivity index is 0.00000109. The van der Waals surface area contributed by atoms with Crippen molar-refractivity contribution < 1.29 is 18.3 Å². The summed E-state index contributed by atoms with van der Waals surface area (Å²) in [5, 5.41) is 2.52. The minimum absolute atomic E-state index is 0.0326. The van der Waals surface area contributed by atoms with Gasteiger partial charge in [-0.05, 0) is 12.8 Å². The zero-order chi connectivity index (χ0) is 20.5. The molecule has 0 aromatic carbocycles. The summed E-state index contributed by atoms with van der Waals surface area (Å²) in [5.41, 5.74) is 1.80. The highest BCUT2D eigenvalue weighted by molar-refractivity contribution is 5.78. The number of nitrogens with one attached hydrogen (secondary N) is 1. The molecule has 0 unspecified atom stereocenters. The van der Waals surface area contributed by atoms with Gasteiger partial charge in [-0.1, -0.05) is 13.8 Å². The third kappa shape index (κ3) is 3.48. The fourth-order valence-corrected chi connectivity index (χ4v) is 3.32. The van der Waals surface area contributed by atoms with Crippen LogP contribution in [0.15, 0.2) is 18.3 Å². The van der Waals surface area contributed by atoms with E-state index in [1.54, 1.807) is 12.3 Å².